The molecule has 1 atom stereocenters. The Morgan fingerprint density at radius 3 is 2.29 bits per heavy atom. The van der Waals surface area contributed by atoms with Crippen LogP contribution in [0.5, 0.6) is 0 Å². The minimum absolute atomic E-state index is 0.365. The van der Waals surface area contributed by atoms with Gasteiger partial charge in [-0.25, -0.2) is 4.79 Å². The Balaban J connectivity index is 3.93. The molecule has 0 aliphatic heterocycles. The second-order valence-corrected chi connectivity index (χ2v) is 3.42. The lowest BCUT2D eigenvalue weighted by atomic mass is 10.1. The fraction of sp³-hybridized carbons (Fsp3) is 0.600. The van der Waals surface area contributed by atoms with Gasteiger partial charge < -0.3 is 9.84 Å². The van der Waals surface area contributed by atoms with E-state index < -0.39 is 24.5 Å². The van der Waals surface area contributed by atoms with E-state index in [0.717, 1.165) is 0 Å². The van der Waals surface area contributed by atoms with Crippen molar-refractivity contribution in [2.24, 2.45) is 11.8 Å². The molecule has 0 aromatic heterocycles. The monoisotopic (exact) mass is 200 g/mol. The first-order chi connectivity index (χ1) is 6.43. The quantitative estimate of drug-likeness (QED) is 0.539. The standard InChI is InChI=1S/C10H16O4/c1-7(2)4-5-8(3)10(13)14-6-9(11)12/h4-5,7-8H,6H2,1-3H3,(H,11,12)/b5-4-. The molecule has 1 N–H and O–H groups in total. The van der Waals surface area contributed by atoms with Crippen LogP contribution >= 0.6 is 0 Å². The third-order valence-corrected chi connectivity index (χ3v) is 1.49. The van der Waals surface area contributed by atoms with Crippen molar-refractivity contribution in [1.29, 1.82) is 0 Å². The van der Waals surface area contributed by atoms with E-state index >= 15 is 0 Å². The van der Waals surface area contributed by atoms with Crippen molar-refractivity contribution in [3.8, 4) is 0 Å². The molecule has 0 saturated heterocycles. The normalized spacial score (nSPS) is 13.1. The van der Waals surface area contributed by atoms with Crippen molar-refractivity contribution in [2.75, 3.05) is 6.61 Å². The van der Waals surface area contributed by atoms with Gasteiger partial charge in [-0.15, -0.1) is 0 Å². The summed E-state index contributed by atoms with van der Waals surface area (Å²) < 4.78 is 4.51. The molecule has 4 nitrogen and oxygen atoms in total. The van der Waals surface area contributed by atoms with Crippen molar-refractivity contribution >= 4 is 11.9 Å². The molecule has 0 radical (unpaired) electrons. The number of hydrogen-bond acceptors (Lipinski definition) is 3. The van der Waals surface area contributed by atoms with E-state index in [1.807, 2.05) is 19.9 Å². The molecule has 0 heterocycles. The molecule has 0 rings (SSSR count). The zero-order valence-corrected chi connectivity index (χ0v) is 8.69. The van der Waals surface area contributed by atoms with E-state index in [1.54, 1.807) is 13.0 Å². The number of ether oxygens (including phenoxy) is 1. The largest absolute Gasteiger partial charge is 0.479 e. The number of carbonyl (C=O) groups is 2. The maximum absolute atomic E-state index is 11.1. The van der Waals surface area contributed by atoms with Crippen LogP contribution in [-0.2, 0) is 14.3 Å². The van der Waals surface area contributed by atoms with Crippen LogP contribution in [0, 0.1) is 11.8 Å². The molecule has 0 spiro atoms. The summed E-state index contributed by atoms with van der Waals surface area (Å²) in [5.41, 5.74) is 0. The first-order valence-corrected chi connectivity index (χ1v) is 4.50. The Labute approximate surface area is 83.6 Å². The number of carbonyl (C=O) groups excluding carboxylic acids is 1. The molecule has 0 saturated carbocycles. The zero-order chi connectivity index (χ0) is 11.1. The van der Waals surface area contributed by atoms with Crippen molar-refractivity contribution in [3.63, 3.8) is 0 Å². The third kappa shape index (κ3) is 6.22. The van der Waals surface area contributed by atoms with Gasteiger partial charge in [-0.2, -0.15) is 0 Å². The van der Waals surface area contributed by atoms with Crippen LogP contribution in [0.15, 0.2) is 12.2 Å². The second kappa shape index (κ2) is 6.18. The lowest BCUT2D eigenvalue weighted by Gasteiger charge is -2.05. The van der Waals surface area contributed by atoms with Crippen LogP contribution < -0.4 is 0 Å². The predicted molar refractivity (Wildman–Crippen MR) is 51.7 cm³/mol. The van der Waals surface area contributed by atoms with E-state index in [4.69, 9.17) is 5.11 Å². The average molecular weight is 200 g/mol. The minimum Gasteiger partial charge on any atom is -0.479 e. The summed E-state index contributed by atoms with van der Waals surface area (Å²) in [5.74, 6) is -1.68. The number of esters is 1. The van der Waals surface area contributed by atoms with E-state index in [9.17, 15) is 9.59 Å². The number of allylic oxidation sites excluding steroid dienone is 1. The molecule has 1 unspecified atom stereocenters. The molecule has 0 aliphatic carbocycles. The zero-order valence-electron chi connectivity index (χ0n) is 8.69. The summed E-state index contributed by atoms with van der Waals surface area (Å²) in [7, 11) is 0. The summed E-state index contributed by atoms with van der Waals surface area (Å²) in [4.78, 5) is 21.2. The summed E-state index contributed by atoms with van der Waals surface area (Å²) in [5, 5.41) is 8.27. The van der Waals surface area contributed by atoms with Crippen molar-refractivity contribution in [2.45, 2.75) is 20.8 Å². The lowest BCUT2D eigenvalue weighted by Crippen LogP contribution is -2.17. The Morgan fingerprint density at radius 1 is 1.29 bits per heavy atom. The predicted octanol–water partition coefficient (Wildman–Crippen LogP) is 1.46. The summed E-state index contributed by atoms with van der Waals surface area (Å²) in [6.45, 7) is 5.08. The molecular formula is C10H16O4. The van der Waals surface area contributed by atoms with Crippen LogP contribution in [0.2, 0.25) is 0 Å². The number of carboxylic acid groups (broad SMARTS) is 1. The highest BCUT2D eigenvalue weighted by molar-refractivity contribution is 5.77. The summed E-state index contributed by atoms with van der Waals surface area (Å²) >= 11 is 0. The van der Waals surface area contributed by atoms with Crippen molar-refractivity contribution in [3.05, 3.63) is 12.2 Å². The molecule has 0 aromatic carbocycles. The second-order valence-electron chi connectivity index (χ2n) is 3.42. The molecular weight excluding hydrogens is 184 g/mol. The van der Waals surface area contributed by atoms with Crippen LogP contribution in [0.25, 0.3) is 0 Å². The topological polar surface area (TPSA) is 63.6 Å². The highest BCUT2D eigenvalue weighted by Gasteiger charge is 2.12. The van der Waals surface area contributed by atoms with E-state index in [2.05, 4.69) is 4.74 Å². The minimum atomic E-state index is -1.14. The lowest BCUT2D eigenvalue weighted by molar-refractivity contribution is -0.156. The van der Waals surface area contributed by atoms with Crippen LogP contribution in [0.1, 0.15) is 20.8 Å². The number of carboxylic acids is 1. The van der Waals surface area contributed by atoms with E-state index in [0.29, 0.717) is 5.92 Å². The molecule has 4 heteroatoms. The molecule has 14 heavy (non-hydrogen) atoms. The molecule has 0 aliphatic rings. The molecule has 0 fully saturated rings. The molecule has 0 aromatic rings. The van der Waals surface area contributed by atoms with Crippen LogP contribution in [0.4, 0.5) is 0 Å². The van der Waals surface area contributed by atoms with Gasteiger partial charge in [-0.3, -0.25) is 4.79 Å². The van der Waals surface area contributed by atoms with Gasteiger partial charge >= 0.3 is 11.9 Å². The Kier molecular flexibility index (Phi) is 5.60. The van der Waals surface area contributed by atoms with Gasteiger partial charge in [0.05, 0.1) is 5.92 Å². The maximum atomic E-state index is 11.1. The molecule has 0 bridgehead atoms. The Morgan fingerprint density at radius 2 is 1.86 bits per heavy atom. The van der Waals surface area contributed by atoms with Crippen molar-refractivity contribution in [1.82, 2.24) is 0 Å². The SMILES string of the molecule is CC(C)/C=C\C(C)C(=O)OCC(=O)O. The smallest absolute Gasteiger partial charge is 0.341 e. The van der Waals surface area contributed by atoms with Gasteiger partial charge in [-0.1, -0.05) is 26.0 Å². The van der Waals surface area contributed by atoms with Gasteiger partial charge in [-0.05, 0) is 12.8 Å². The molecule has 80 valence electrons. The van der Waals surface area contributed by atoms with Crippen LogP contribution in [0.3, 0.4) is 0 Å². The Hall–Kier alpha value is -1.32. The van der Waals surface area contributed by atoms with Gasteiger partial charge in [0.1, 0.15) is 0 Å². The van der Waals surface area contributed by atoms with Gasteiger partial charge in [0.25, 0.3) is 0 Å². The average Bonchev–Trinajstić information content (AvgIpc) is 2.09. The Bertz CT molecular complexity index is 230. The highest BCUT2D eigenvalue weighted by atomic mass is 16.5. The first kappa shape index (κ1) is 12.7. The third-order valence-electron chi connectivity index (χ3n) is 1.49. The van der Waals surface area contributed by atoms with E-state index in [-0.39, 0.29) is 0 Å². The fourth-order valence-corrected chi connectivity index (χ4v) is 0.732. The number of hydrogen-bond donors (Lipinski definition) is 1. The molecule has 0 amide bonds. The van der Waals surface area contributed by atoms with Crippen molar-refractivity contribution < 1.29 is 19.4 Å². The maximum Gasteiger partial charge on any atom is 0.341 e. The number of aliphatic carboxylic acids is 1. The first-order valence-electron chi connectivity index (χ1n) is 4.50. The van der Waals surface area contributed by atoms with Gasteiger partial charge in [0.15, 0.2) is 6.61 Å². The fourth-order valence-electron chi connectivity index (χ4n) is 0.732. The van der Waals surface area contributed by atoms with Gasteiger partial charge in [0.2, 0.25) is 0 Å². The highest BCUT2D eigenvalue weighted by Crippen LogP contribution is 2.04. The summed E-state index contributed by atoms with van der Waals surface area (Å²) in [6.07, 6.45) is 3.60. The van der Waals surface area contributed by atoms with Crippen LogP contribution in [-0.4, -0.2) is 23.7 Å². The van der Waals surface area contributed by atoms with E-state index in [1.165, 1.54) is 0 Å². The van der Waals surface area contributed by atoms with Gasteiger partial charge in [0, 0.05) is 0 Å². The summed E-state index contributed by atoms with van der Waals surface area (Å²) in [6, 6.07) is 0. The number of rotatable bonds is 5.